The Hall–Kier alpha value is -2.73. The molecule has 25 heavy (non-hydrogen) atoms. The summed E-state index contributed by atoms with van der Waals surface area (Å²) >= 11 is 0. The standard InChI is InChI=1S/C19H17F2NO3/c20-8-9-22-17-6-4-13(10-14(17)5-7-19(22)24)12-25-18-3-1-2-16(21)15(18)11-23/h1-7,10,23H,8-9,11-12H2. The Morgan fingerprint density at radius 1 is 1.12 bits per heavy atom. The molecule has 0 aliphatic carbocycles. The number of aliphatic hydroxyl groups excluding tert-OH is 1. The summed E-state index contributed by atoms with van der Waals surface area (Å²) in [5.74, 6) is -0.237. The lowest BCUT2D eigenvalue weighted by Gasteiger charge is -2.12. The summed E-state index contributed by atoms with van der Waals surface area (Å²) in [6.45, 7) is -0.883. The maximum atomic E-state index is 13.6. The highest BCUT2D eigenvalue weighted by atomic mass is 19.1. The third-order valence-corrected chi connectivity index (χ3v) is 3.99. The van der Waals surface area contributed by atoms with Crippen molar-refractivity contribution >= 4 is 10.9 Å². The molecule has 0 bridgehead atoms. The molecule has 0 atom stereocenters. The minimum atomic E-state index is -0.618. The zero-order valence-corrected chi connectivity index (χ0v) is 13.4. The fraction of sp³-hybridized carbons (Fsp3) is 0.211. The van der Waals surface area contributed by atoms with Gasteiger partial charge in [-0.05, 0) is 41.3 Å². The average Bonchev–Trinajstić information content (AvgIpc) is 2.62. The number of aliphatic hydroxyl groups is 1. The van der Waals surface area contributed by atoms with Crippen molar-refractivity contribution in [2.75, 3.05) is 6.67 Å². The molecule has 130 valence electrons. The molecular weight excluding hydrogens is 328 g/mol. The topological polar surface area (TPSA) is 51.5 Å². The van der Waals surface area contributed by atoms with Crippen LogP contribution in [0.25, 0.3) is 10.9 Å². The van der Waals surface area contributed by atoms with Gasteiger partial charge in [-0.2, -0.15) is 0 Å². The number of pyridine rings is 1. The van der Waals surface area contributed by atoms with Crippen molar-refractivity contribution in [3.05, 3.63) is 75.8 Å². The molecular formula is C19H17F2NO3. The maximum Gasteiger partial charge on any atom is 0.251 e. The first-order valence-electron chi connectivity index (χ1n) is 7.83. The Balaban J connectivity index is 1.87. The highest BCUT2D eigenvalue weighted by molar-refractivity contribution is 5.79. The predicted molar refractivity (Wildman–Crippen MR) is 90.8 cm³/mol. The van der Waals surface area contributed by atoms with Gasteiger partial charge in [0, 0.05) is 6.07 Å². The van der Waals surface area contributed by atoms with Crippen LogP contribution in [0.2, 0.25) is 0 Å². The Morgan fingerprint density at radius 3 is 2.72 bits per heavy atom. The van der Waals surface area contributed by atoms with Crippen molar-refractivity contribution in [1.82, 2.24) is 4.57 Å². The monoisotopic (exact) mass is 345 g/mol. The van der Waals surface area contributed by atoms with Crippen LogP contribution >= 0.6 is 0 Å². The van der Waals surface area contributed by atoms with Crippen LogP contribution in [0.4, 0.5) is 8.78 Å². The Kier molecular flexibility index (Phi) is 5.09. The number of benzene rings is 2. The zero-order valence-electron chi connectivity index (χ0n) is 13.4. The molecule has 0 spiro atoms. The minimum Gasteiger partial charge on any atom is -0.488 e. The van der Waals surface area contributed by atoms with E-state index in [0.717, 1.165) is 10.9 Å². The molecule has 0 aliphatic rings. The van der Waals surface area contributed by atoms with E-state index in [9.17, 15) is 18.7 Å². The first-order chi connectivity index (χ1) is 12.1. The molecule has 4 nitrogen and oxygen atoms in total. The van der Waals surface area contributed by atoms with Crippen LogP contribution in [0.15, 0.2) is 53.3 Å². The predicted octanol–water partition coefficient (Wildman–Crippen LogP) is 3.18. The van der Waals surface area contributed by atoms with E-state index in [1.54, 1.807) is 24.3 Å². The number of halogens is 2. The van der Waals surface area contributed by atoms with E-state index in [4.69, 9.17) is 4.74 Å². The van der Waals surface area contributed by atoms with E-state index in [0.29, 0.717) is 5.52 Å². The van der Waals surface area contributed by atoms with E-state index in [-0.39, 0.29) is 30.0 Å². The molecule has 0 amide bonds. The molecule has 1 aromatic heterocycles. The number of aromatic nitrogens is 1. The first-order valence-corrected chi connectivity index (χ1v) is 7.83. The molecule has 2 aromatic carbocycles. The maximum absolute atomic E-state index is 13.6. The lowest BCUT2D eigenvalue weighted by molar-refractivity contribution is 0.252. The van der Waals surface area contributed by atoms with Gasteiger partial charge in [0.15, 0.2) is 0 Å². The van der Waals surface area contributed by atoms with Gasteiger partial charge in [-0.15, -0.1) is 0 Å². The van der Waals surface area contributed by atoms with Crippen molar-refractivity contribution < 1.29 is 18.6 Å². The van der Waals surface area contributed by atoms with Gasteiger partial charge in [0.1, 0.15) is 24.8 Å². The third kappa shape index (κ3) is 3.53. The molecule has 6 heteroatoms. The quantitative estimate of drug-likeness (QED) is 0.746. The van der Waals surface area contributed by atoms with Gasteiger partial charge in [0.25, 0.3) is 5.56 Å². The Labute approximate surface area is 142 Å². The summed E-state index contributed by atoms with van der Waals surface area (Å²) in [4.78, 5) is 11.8. The fourth-order valence-corrected chi connectivity index (χ4v) is 2.75. The summed E-state index contributed by atoms with van der Waals surface area (Å²) in [6.07, 6.45) is 0. The fourth-order valence-electron chi connectivity index (χ4n) is 2.75. The molecule has 1 N–H and O–H groups in total. The number of fused-ring (bicyclic) bond motifs is 1. The van der Waals surface area contributed by atoms with Gasteiger partial charge in [-0.1, -0.05) is 12.1 Å². The van der Waals surface area contributed by atoms with Gasteiger partial charge in [0.2, 0.25) is 0 Å². The number of aryl methyl sites for hydroxylation is 1. The van der Waals surface area contributed by atoms with Crippen molar-refractivity contribution in [3.8, 4) is 5.75 Å². The summed E-state index contributed by atoms with van der Waals surface area (Å²) in [5, 5.41) is 10.0. The third-order valence-electron chi connectivity index (χ3n) is 3.99. The largest absolute Gasteiger partial charge is 0.488 e. The number of ether oxygens (including phenoxy) is 1. The van der Waals surface area contributed by atoms with Gasteiger partial charge >= 0.3 is 0 Å². The molecule has 0 fully saturated rings. The highest BCUT2D eigenvalue weighted by Crippen LogP contribution is 2.23. The smallest absolute Gasteiger partial charge is 0.251 e. The van der Waals surface area contributed by atoms with Gasteiger partial charge in [0.05, 0.1) is 24.2 Å². The SMILES string of the molecule is O=c1ccc2cc(COc3cccc(F)c3CO)ccc2n1CCF. The molecule has 3 rings (SSSR count). The second-order valence-corrected chi connectivity index (χ2v) is 5.57. The Bertz CT molecular complexity index is 953. The van der Waals surface area contributed by atoms with Crippen LogP contribution in [0.5, 0.6) is 5.75 Å². The summed E-state index contributed by atoms with van der Waals surface area (Å²) < 4.78 is 33.3. The van der Waals surface area contributed by atoms with Crippen LogP contribution < -0.4 is 10.3 Å². The number of hydrogen-bond acceptors (Lipinski definition) is 3. The summed E-state index contributed by atoms with van der Waals surface area (Å²) in [7, 11) is 0. The van der Waals surface area contributed by atoms with Gasteiger partial charge in [-0.3, -0.25) is 4.79 Å². The lowest BCUT2D eigenvalue weighted by atomic mass is 10.1. The number of alkyl halides is 1. The van der Waals surface area contributed by atoms with E-state index in [2.05, 4.69) is 0 Å². The number of rotatable bonds is 6. The normalized spacial score (nSPS) is 11.0. The van der Waals surface area contributed by atoms with E-state index in [1.165, 1.54) is 22.8 Å². The molecule has 0 saturated carbocycles. The van der Waals surface area contributed by atoms with Crippen molar-refractivity contribution in [2.24, 2.45) is 0 Å². The zero-order chi connectivity index (χ0) is 17.8. The molecule has 0 radical (unpaired) electrons. The van der Waals surface area contributed by atoms with Crippen LogP contribution in [0, 0.1) is 5.82 Å². The van der Waals surface area contributed by atoms with Crippen molar-refractivity contribution in [1.29, 1.82) is 0 Å². The second kappa shape index (κ2) is 7.44. The summed E-state index contributed by atoms with van der Waals surface area (Å²) in [5.41, 5.74) is 1.32. The van der Waals surface area contributed by atoms with Crippen LogP contribution in [-0.4, -0.2) is 16.3 Å². The van der Waals surface area contributed by atoms with E-state index < -0.39 is 19.1 Å². The van der Waals surface area contributed by atoms with Crippen LogP contribution in [0.3, 0.4) is 0 Å². The summed E-state index contributed by atoms with van der Waals surface area (Å²) in [6, 6.07) is 12.8. The second-order valence-electron chi connectivity index (χ2n) is 5.57. The number of hydrogen-bond donors (Lipinski definition) is 1. The lowest BCUT2D eigenvalue weighted by Crippen LogP contribution is -2.20. The van der Waals surface area contributed by atoms with E-state index >= 15 is 0 Å². The van der Waals surface area contributed by atoms with Crippen LogP contribution in [0.1, 0.15) is 11.1 Å². The number of nitrogens with zero attached hydrogens (tertiary/aromatic N) is 1. The average molecular weight is 345 g/mol. The molecule has 0 saturated heterocycles. The Morgan fingerprint density at radius 2 is 1.96 bits per heavy atom. The highest BCUT2D eigenvalue weighted by Gasteiger charge is 2.09. The van der Waals surface area contributed by atoms with E-state index in [1.807, 2.05) is 6.07 Å². The van der Waals surface area contributed by atoms with Crippen LogP contribution in [-0.2, 0) is 19.8 Å². The van der Waals surface area contributed by atoms with Gasteiger partial charge < -0.3 is 14.4 Å². The molecule has 1 heterocycles. The van der Waals surface area contributed by atoms with Crippen molar-refractivity contribution in [2.45, 2.75) is 19.8 Å². The molecule has 0 aliphatic heterocycles. The van der Waals surface area contributed by atoms with Crippen molar-refractivity contribution in [3.63, 3.8) is 0 Å². The molecule has 3 aromatic rings. The first kappa shape index (κ1) is 17.1. The minimum absolute atomic E-state index is 0.00910. The van der Waals surface area contributed by atoms with Gasteiger partial charge in [-0.25, -0.2) is 8.78 Å². The molecule has 0 unspecified atom stereocenters.